The van der Waals surface area contributed by atoms with E-state index in [1.807, 2.05) is 0 Å². The van der Waals surface area contributed by atoms with Crippen LogP contribution in [0.5, 0.6) is 0 Å². The average Bonchev–Trinajstić information content (AvgIpc) is 2.28. The Bertz CT molecular complexity index is 563. The number of nitrogens with two attached hydrogens (primary N) is 1. The number of hydrogen-bond acceptors (Lipinski definition) is 3. The van der Waals surface area contributed by atoms with E-state index in [0.717, 1.165) is 6.07 Å². The van der Waals surface area contributed by atoms with Crippen LogP contribution in [-0.2, 0) is 10.0 Å². The highest BCUT2D eigenvalue weighted by Gasteiger charge is 2.23. The molecule has 0 saturated heterocycles. The maximum Gasteiger partial charge on any atom is 0.243 e. The third-order valence-corrected chi connectivity index (χ3v) is 4.67. The van der Waals surface area contributed by atoms with Crippen molar-refractivity contribution in [1.82, 2.24) is 4.72 Å². The molecule has 17 heavy (non-hydrogen) atoms. The number of rotatable bonds is 4. The van der Waals surface area contributed by atoms with Gasteiger partial charge in [0.2, 0.25) is 10.0 Å². The van der Waals surface area contributed by atoms with Gasteiger partial charge in [-0.15, -0.1) is 6.58 Å². The lowest BCUT2D eigenvalue weighted by Gasteiger charge is -2.10. The molecule has 0 amide bonds. The molecule has 1 rings (SSSR count). The quantitative estimate of drug-likeness (QED) is 0.500. The molecular formula is C9H9BrClFN2O2S. The minimum absolute atomic E-state index is 0.0166. The molecule has 8 heteroatoms. The molecular weight excluding hydrogens is 335 g/mol. The van der Waals surface area contributed by atoms with E-state index < -0.39 is 20.7 Å². The van der Waals surface area contributed by atoms with Crippen LogP contribution < -0.4 is 10.5 Å². The van der Waals surface area contributed by atoms with Crippen LogP contribution in [0, 0.1) is 5.82 Å². The van der Waals surface area contributed by atoms with Crippen LogP contribution in [0.1, 0.15) is 0 Å². The van der Waals surface area contributed by atoms with Gasteiger partial charge in [-0.25, -0.2) is 17.5 Å². The first-order valence-corrected chi connectivity index (χ1v) is 7.00. The summed E-state index contributed by atoms with van der Waals surface area (Å²) in [6, 6.07) is 0.989. The smallest absolute Gasteiger partial charge is 0.243 e. The Hall–Kier alpha value is -0.630. The summed E-state index contributed by atoms with van der Waals surface area (Å²) in [7, 11) is -4.00. The second-order valence-electron chi connectivity index (χ2n) is 3.04. The molecule has 1 aromatic carbocycles. The van der Waals surface area contributed by atoms with Gasteiger partial charge in [-0.2, -0.15) is 0 Å². The van der Waals surface area contributed by atoms with Crippen LogP contribution in [0.4, 0.5) is 10.1 Å². The number of nitrogens with one attached hydrogen (secondary N) is 1. The van der Waals surface area contributed by atoms with Gasteiger partial charge in [0.25, 0.3) is 0 Å². The Morgan fingerprint density at radius 1 is 1.65 bits per heavy atom. The molecule has 1 aromatic rings. The molecule has 0 fully saturated rings. The first kappa shape index (κ1) is 14.4. The van der Waals surface area contributed by atoms with Crippen molar-refractivity contribution in [3.05, 3.63) is 34.0 Å². The number of anilines is 1. The predicted octanol–water partition coefficient (Wildman–Crippen LogP) is 2.29. The van der Waals surface area contributed by atoms with Gasteiger partial charge in [-0.05, 0) is 22.0 Å². The maximum atomic E-state index is 13.7. The zero-order chi connectivity index (χ0) is 13.2. The number of nitrogen functional groups attached to an aromatic ring is 1. The van der Waals surface area contributed by atoms with Crippen LogP contribution in [-0.4, -0.2) is 15.0 Å². The van der Waals surface area contributed by atoms with Crippen molar-refractivity contribution < 1.29 is 12.8 Å². The molecule has 0 aliphatic heterocycles. The fraction of sp³-hybridized carbons (Fsp3) is 0.111. The highest BCUT2D eigenvalue weighted by atomic mass is 79.9. The summed E-state index contributed by atoms with van der Waals surface area (Å²) in [5, 5.41) is 0.0166. The summed E-state index contributed by atoms with van der Waals surface area (Å²) in [5.41, 5.74) is 5.04. The van der Waals surface area contributed by atoms with Gasteiger partial charge < -0.3 is 5.73 Å². The summed E-state index contributed by atoms with van der Waals surface area (Å²) in [6.45, 7) is 3.33. The van der Waals surface area contributed by atoms with Gasteiger partial charge >= 0.3 is 0 Å². The largest absolute Gasteiger partial charge is 0.395 e. The molecule has 0 bridgehead atoms. The Labute approximate surface area is 112 Å². The average molecular weight is 344 g/mol. The second-order valence-corrected chi connectivity index (χ2v) is 5.97. The monoisotopic (exact) mass is 342 g/mol. The number of sulfonamides is 1. The van der Waals surface area contributed by atoms with Crippen molar-refractivity contribution in [2.75, 3.05) is 12.3 Å². The standard InChI is InChI=1S/C9H9BrClFN2O2S/c1-2-3-14-17(15,16)6-4-5(11)7(10)9(13)8(6)12/h2,4,14H,1,3,13H2. The summed E-state index contributed by atoms with van der Waals surface area (Å²) >= 11 is 8.68. The number of halogens is 3. The van der Waals surface area contributed by atoms with E-state index in [0.29, 0.717) is 0 Å². The van der Waals surface area contributed by atoms with Gasteiger partial charge in [0.1, 0.15) is 4.90 Å². The molecule has 0 radical (unpaired) electrons. The second kappa shape index (κ2) is 5.34. The summed E-state index contributed by atoms with van der Waals surface area (Å²) in [4.78, 5) is -0.593. The van der Waals surface area contributed by atoms with Crippen molar-refractivity contribution in [3.63, 3.8) is 0 Å². The highest BCUT2D eigenvalue weighted by Crippen LogP contribution is 2.34. The molecule has 0 spiro atoms. The van der Waals surface area contributed by atoms with Crippen LogP contribution >= 0.6 is 27.5 Å². The van der Waals surface area contributed by atoms with Crippen molar-refractivity contribution >= 4 is 43.2 Å². The molecule has 3 N–H and O–H groups in total. The van der Waals surface area contributed by atoms with Crippen LogP contribution in [0.2, 0.25) is 5.02 Å². The van der Waals surface area contributed by atoms with Crippen molar-refractivity contribution in [2.45, 2.75) is 4.90 Å². The van der Waals surface area contributed by atoms with Crippen molar-refractivity contribution in [2.24, 2.45) is 0 Å². The highest BCUT2D eigenvalue weighted by molar-refractivity contribution is 9.10. The molecule has 4 nitrogen and oxygen atoms in total. The van der Waals surface area contributed by atoms with Gasteiger partial charge in [-0.3, -0.25) is 0 Å². The molecule has 0 aromatic heterocycles. The lowest BCUT2D eigenvalue weighted by molar-refractivity contribution is 0.561. The van der Waals surface area contributed by atoms with E-state index in [9.17, 15) is 12.8 Å². The van der Waals surface area contributed by atoms with Gasteiger partial charge in [-0.1, -0.05) is 17.7 Å². The molecule has 0 atom stereocenters. The molecule has 0 saturated carbocycles. The summed E-state index contributed by atoms with van der Waals surface area (Å²) in [6.07, 6.45) is 1.33. The Morgan fingerprint density at radius 2 is 2.24 bits per heavy atom. The zero-order valence-electron chi connectivity index (χ0n) is 8.50. The van der Waals surface area contributed by atoms with Crippen molar-refractivity contribution in [3.8, 4) is 0 Å². The molecule has 0 aliphatic carbocycles. The first-order chi connectivity index (χ1) is 7.81. The van der Waals surface area contributed by atoms with E-state index in [1.165, 1.54) is 6.08 Å². The fourth-order valence-electron chi connectivity index (χ4n) is 1.04. The van der Waals surface area contributed by atoms with E-state index in [4.69, 9.17) is 17.3 Å². The van der Waals surface area contributed by atoms with E-state index >= 15 is 0 Å². The summed E-state index contributed by atoms with van der Waals surface area (Å²) in [5.74, 6) is -1.04. The van der Waals surface area contributed by atoms with E-state index in [-0.39, 0.29) is 21.7 Å². The number of hydrogen-bond donors (Lipinski definition) is 2. The number of benzene rings is 1. The van der Waals surface area contributed by atoms with Gasteiger partial charge in [0.05, 0.1) is 15.2 Å². The predicted molar refractivity (Wildman–Crippen MR) is 68.9 cm³/mol. The van der Waals surface area contributed by atoms with Crippen molar-refractivity contribution in [1.29, 1.82) is 0 Å². The Balaban J connectivity index is 3.38. The lowest BCUT2D eigenvalue weighted by Crippen LogP contribution is -2.25. The van der Waals surface area contributed by atoms with E-state index in [2.05, 4.69) is 27.2 Å². The fourth-order valence-corrected chi connectivity index (χ4v) is 2.72. The third kappa shape index (κ3) is 2.98. The normalized spacial score (nSPS) is 11.5. The zero-order valence-corrected chi connectivity index (χ0v) is 11.7. The van der Waals surface area contributed by atoms with E-state index in [1.54, 1.807) is 0 Å². The molecule has 94 valence electrons. The Kier molecular flexibility index (Phi) is 4.54. The minimum Gasteiger partial charge on any atom is -0.395 e. The molecule has 0 heterocycles. The van der Waals surface area contributed by atoms with Gasteiger partial charge in [0.15, 0.2) is 5.82 Å². The van der Waals surface area contributed by atoms with Crippen LogP contribution in [0.3, 0.4) is 0 Å². The summed E-state index contributed by atoms with van der Waals surface area (Å²) < 4.78 is 39.4. The van der Waals surface area contributed by atoms with Crippen LogP contribution in [0.25, 0.3) is 0 Å². The van der Waals surface area contributed by atoms with Gasteiger partial charge in [0, 0.05) is 6.54 Å². The van der Waals surface area contributed by atoms with Crippen LogP contribution in [0.15, 0.2) is 28.1 Å². The Morgan fingerprint density at radius 3 is 2.76 bits per heavy atom. The lowest BCUT2D eigenvalue weighted by atomic mass is 10.3. The SMILES string of the molecule is C=CCNS(=O)(=O)c1cc(Cl)c(Br)c(N)c1F. The molecule has 0 unspecified atom stereocenters. The topological polar surface area (TPSA) is 72.2 Å². The maximum absolute atomic E-state index is 13.7. The first-order valence-electron chi connectivity index (χ1n) is 4.34. The molecule has 0 aliphatic rings. The third-order valence-electron chi connectivity index (χ3n) is 1.86. The minimum atomic E-state index is -4.00.